The van der Waals surface area contributed by atoms with Crippen LogP contribution in [-0.4, -0.2) is 12.4 Å². The van der Waals surface area contributed by atoms with E-state index in [-0.39, 0.29) is 0 Å². The second kappa shape index (κ2) is 9.82. The zero-order valence-electron chi connectivity index (χ0n) is 18.2. The standard InChI is InChI=1S/C27H34N2/c1-5-29-26-16-11-19(2)20(3)25(17-22-9-7-6-8-10-22)27(26)21(4)24-14-12-23(18-28)13-15-24/h5,11-16,18,20,22,28H,4,6-10,17H2,1-3H3. The van der Waals surface area contributed by atoms with E-state index in [2.05, 4.69) is 44.7 Å². The Kier molecular flexibility index (Phi) is 7.19. The number of benzene rings is 1. The third-order valence-electron chi connectivity index (χ3n) is 6.52. The van der Waals surface area contributed by atoms with Crippen LogP contribution in [0.3, 0.4) is 0 Å². The van der Waals surface area contributed by atoms with E-state index in [4.69, 9.17) is 10.4 Å². The molecule has 1 aromatic rings. The first-order valence-corrected chi connectivity index (χ1v) is 11.0. The first-order chi connectivity index (χ1) is 14.0. The maximum atomic E-state index is 7.47. The van der Waals surface area contributed by atoms with Gasteiger partial charge in [0.25, 0.3) is 0 Å². The summed E-state index contributed by atoms with van der Waals surface area (Å²) in [5, 5.41) is 7.47. The monoisotopic (exact) mass is 386 g/mol. The topological polar surface area (TPSA) is 36.2 Å². The molecule has 2 aliphatic carbocycles. The summed E-state index contributed by atoms with van der Waals surface area (Å²) in [5.41, 5.74) is 8.17. The lowest BCUT2D eigenvalue weighted by Gasteiger charge is -2.28. The number of rotatable bonds is 6. The van der Waals surface area contributed by atoms with Gasteiger partial charge in [0.05, 0.1) is 5.70 Å². The molecule has 0 aromatic heterocycles. The van der Waals surface area contributed by atoms with Crippen LogP contribution < -0.4 is 0 Å². The van der Waals surface area contributed by atoms with Crippen molar-refractivity contribution in [1.82, 2.24) is 0 Å². The van der Waals surface area contributed by atoms with Gasteiger partial charge in [0, 0.05) is 18.0 Å². The Balaban J connectivity index is 2.10. The van der Waals surface area contributed by atoms with Gasteiger partial charge in [-0.25, -0.2) is 0 Å². The number of nitrogens with zero attached hydrogens (tertiary/aromatic N) is 1. The van der Waals surface area contributed by atoms with Gasteiger partial charge in [-0.3, -0.25) is 4.99 Å². The van der Waals surface area contributed by atoms with Crippen LogP contribution in [0, 0.1) is 17.2 Å². The molecule has 0 saturated heterocycles. The molecule has 2 heteroatoms. The molecule has 2 nitrogen and oxygen atoms in total. The second-order valence-electron chi connectivity index (χ2n) is 8.42. The summed E-state index contributed by atoms with van der Waals surface area (Å²) in [5.74, 6) is 1.16. The maximum absolute atomic E-state index is 7.47. The predicted octanol–water partition coefficient (Wildman–Crippen LogP) is 7.54. The number of hydrogen-bond donors (Lipinski definition) is 1. The molecule has 1 atom stereocenters. The molecular weight excluding hydrogens is 352 g/mol. The molecule has 152 valence electrons. The summed E-state index contributed by atoms with van der Waals surface area (Å²) in [4.78, 5) is 4.75. The van der Waals surface area contributed by atoms with Crippen molar-refractivity contribution in [3.05, 3.63) is 76.5 Å². The fraction of sp³-hybridized carbons (Fsp3) is 0.407. The van der Waals surface area contributed by atoms with Crippen molar-refractivity contribution in [1.29, 1.82) is 5.41 Å². The molecule has 0 bridgehead atoms. The lowest BCUT2D eigenvalue weighted by molar-refractivity contribution is 0.349. The quantitative estimate of drug-likeness (QED) is 0.490. The molecule has 0 spiro atoms. The Morgan fingerprint density at radius 2 is 1.83 bits per heavy atom. The SMILES string of the molecule is C=C(C1=C(CC2CCCCC2)C(C)C(C)=CC=C1N=CC)c1ccc(C=N)cc1. The molecular formula is C27H34N2. The summed E-state index contributed by atoms with van der Waals surface area (Å²) >= 11 is 0. The Hall–Kier alpha value is -2.48. The highest BCUT2D eigenvalue weighted by molar-refractivity contribution is 5.86. The summed E-state index contributed by atoms with van der Waals surface area (Å²) in [6, 6.07) is 8.14. The van der Waals surface area contributed by atoms with E-state index in [0.29, 0.717) is 5.92 Å². The van der Waals surface area contributed by atoms with E-state index in [1.165, 1.54) is 55.0 Å². The Bertz CT molecular complexity index is 872. The van der Waals surface area contributed by atoms with E-state index < -0.39 is 0 Å². The molecule has 2 aliphatic rings. The highest BCUT2D eigenvalue weighted by Gasteiger charge is 2.26. The van der Waals surface area contributed by atoms with E-state index in [9.17, 15) is 0 Å². The summed E-state index contributed by atoms with van der Waals surface area (Å²) in [7, 11) is 0. The Morgan fingerprint density at radius 3 is 2.45 bits per heavy atom. The molecule has 1 aromatic carbocycles. The van der Waals surface area contributed by atoms with Gasteiger partial charge in [0.15, 0.2) is 0 Å². The molecule has 1 fully saturated rings. The molecule has 3 rings (SSSR count). The minimum atomic E-state index is 0.394. The fourth-order valence-corrected chi connectivity index (χ4v) is 4.59. The normalized spacial score (nSPS) is 21.0. The maximum Gasteiger partial charge on any atom is 0.0703 e. The van der Waals surface area contributed by atoms with Crippen molar-refractivity contribution in [3.8, 4) is 0 Å². The van der Waals surface area contributed by atoms with Crippen molar-refractivity contribution < 1.29 is 0 Å². The van der Waals surface area contributed by atoms with Crippen molar-refractivity contribution in [2.75, 3.05) is 0 Å². The highest BCUT2D eigenvalue weighted by atomic mass is 14.7. The molecule has 0 amide bonds. The van der Waals surface area contributed by atoms with Gasteiger partial charge in [0.2, 0.25) is 0 Å². The summed E-state index contributed by atoms with van der Waals surface area (Å²) in [6.45, 7) is 11.1. The molecule has 1 saturated carbocycles. The van der Waals surface area contributed by atoms with E-state index in [0.717, 1.165) is 34.7 Å². The number of hydrogen-bond acceptors (Lipinski definition) is 2. The third-order valence-corrected chi connectivity index (χ3v) is 6.52. The molecule has 1 N–H and O–H groups in total. The third kappa shape index (κ3) is 4.93. The van der Waals surface area contributed by atoms with Crippen molar-refractivity contribution in [3.63, 3.8) is 0 Å². The predicted molar refractivity (Wildman–Crippen MR) is 127 cm³/mol. The zero-order chi connectivity index (χ0) is 20.8. The molecule has 0 aliphatic heterocycles. The fourth-order valence-electron chi connectivity index (χ4n) is 4.59. The lowest BCUT2D eigenvalue weighted by atomic mass is 9.77. The van der Waals surface area contributed by atoms with E-state index in [1.54, 1.807) is 0 Å². The van der Waals surface area contributed by atoms with Gasteiger partial charge in [-0.2, -0.15) is 0 Å². The highest BCUT2D eigenvalue weighted by Crippen LogP contribution is 2.42. The molecule has 29 heavy (non-hydrogen) atoms. The van der Waals surface area contributed by atoms with Gasteiger partial charge in [0.1, 0.15) is 0 Å². The second-order valence-corrected chi connectivity index (χ2v) is 8.42. The van der Waals surface area contributed by atoms with Gasteiger partial charge in [-0.1, -0.05) is 87.1 Å². The average molecular weight is 387 g/mol. The van der Waals surface area contributed by atoms with Crippen molar-refractivity contribution in [2.45, 2.75) is 59.3 Å². The van der Waals surface area contributed by atoms with Gasteiger partial charge in [-0.15, -0.1) is 0 Å². The average Bonchev–Trinajstić information content (AvgIpc) is 2.86. The molecule has 0 heterocycles. The lowest BCUT2D eigenvalue weighted by Crippen LogP contribution is -2.13. The first kappa shape index (κ1) is 21.2. The van der Waals surface area contributed by atoms with Crippen LogP contribution >= 0.6 is 0 Å². The van der Waals surface area contributed by atoms with Crippen molar-refractivity contribution >= 4 is 18.0 Å². The van der Waals surface area contributed by atoms with Crippen LogP contribution in [-0.2, 0) is 0 Å². The van der Waals surface area contributed by atoms with Crippen LogP contribution in [0.1, 0.15) is 70.4 Å². The minimum Gasteiger partial charge on any atom is -0.308 e. The molecule has 0 radical (unpaired) electrons. The van der Waals surface area contributed by atoms with Gasteiger partial charge >= 0.3 is 0 Å². The smallest absolute Gasteiger partial charge is 0.0703 e. The van der Waals surface area contributed by atoms with E-state index >= 15 is 0 Å². The Morgan fingerprint density at radius 1 is 1.14 bits per heavy atom. The van der Waals surface area contributed by atoms with E-state index in [1.807, 2.05) is 25.3 Å². The Labute approximate surface area is 176 Å². The number of allylic oxidation sites excluding steroid dienone is 5. The van der Waals surface area contributed by atoms with Crippen LogP contribution in [0.5, 0.6) is 0 Å². The minimum absolute atomic E-state index is 0.394. The largest absolute Gasteiger partial charge is 0.308 e. The van der Waals surface area contributed by atoms with Crippen molar-refractivity contribution in [2.24, 2.45) is 16.8 Å². The summed E-state index contributed by atoms with van der Waals surface area (Å²) < 4.78 is 0. The van der Waals surface area contributed by atoms with Crippen LogP contribution in [0.15, 0.2) is 70.4 Å². The van der Waals surface area contributed by atoms with Crippen LogP contribution in [0.4, 0.5) is 0 Å². The zero-order valence-corrected chi connectivity index (χ0v) is 18.2. The summed E-state index contributed by atoms with van der Waals surface area (Å²) in [6.07, 6.45) is 15.6. The molecule has 1 unspecified atom stereocenters. The van der Waals surface area contributed by atoms with Gasteiger partial charge in [-0.05, 0) is 54.9 Å². The van der Waals surface area contributed by atoms with Crippen LogP contribution in [0.2, 0.25) is 0 Å². The number of aliphatic imine (C=N–C) groups is 1. The van der Waals surface area contributed by atoms with Crippen LogP contribution in [0.25, 0.3) is 5.57 Å². The van der Waals surface area contributed by atoms with Gasteiger partial charge < -0.3 is 5.41 Å². The number of nitrogens with one attached hydrogen (secondary N) is 1. The first-order valence-electron chi connectivity index (χ1n) is 11.0.